The van der Waals surface area contributed by atoms with Crippen LogP contribution in [0.15, 0.2) is 12.1 Å². The summed E-state index contributed by atoms with van der Waals surface area (Å²) in [5.74, 6) is 2.29. The summed E-state index contributed by atoms with van der Waals surface area (Å²) in [6.07, 6.45) is 5.17. The standard InChI is InChI=1S/C16H23NO3/c1-16(5-3-4-6-16)17-11-12-9-13(18-2)15-14(10-12)19-7-8-20-15/h9-10,17H,3-8,11H2,1-2H3. The highest BCUT2D eigenvalue weighted by Gasteiger charge is 2.28. The summed E-state index contributed by atoms with van der Waals surface area (Å²) >= 11 is 0. The Hall–Kier alpha value is -1.42. The maximum atomic E-state index is 5.67. The molecule has 0 unspecified atom stereocenters. The van der Waals surface area contributed by atoms with Crippen molar-refractivity contribution < 1.29 is 14.2 Å². The van der Waals surface area contributed by atoms with E-state index in [1.807, 2.05) is 6.07 Å². The molecule has 2 aliphatic rings. The van der Waals surface area contributed by atoms with E-state index in [0.29, 0.717) is 13.2 Å². The summed E-state index contributed by atoms with van der Waals surface area (Å²) < 4.78 is 16.7. The number of hydrogen-bond donors (Lipinski definition) is 1. The van der Waals surface area contributed by atoms with Gasteiger partial charge in [-0.3, -0.25) is 0 Å². The van der Waals surface area contributed by atoms with Crippen LogP contribution in [0.5, 0.6) is 17.2 Å². The Kier molecular flexibility index (Phi) is 3.74. The molecule has 0 saturated heterocycles. The fourth-order valence-electron chi connectivity index (χ4n) is 3.08. The number of methoxy groups -OCH3 is 1. The number of rotatable bonds is 4. The monoisotopic (exact) mass is 277 g/mol. The smallest absolute Gasteiger partial charge is 0.203 e. The van der Waals surface area contributed by atoms with Gasteiger partial charge in [0.1, 0.15) is 13.2 Å². The minimum absolute atomic E-state index is 0.278. The normalized spacial score (nSPS) is 19.9. The van der Waals surface area contributed by atoms with E-state index in [1.165, 1.54) is 31.2 Å². The first-order valence-electron chi connectivity index (χ1n) is 7.42. The molecule has 1 N–H and O–H groups in total. The molecule has 20 heavy (non-hydrogen) atoms. The van der Waals surface area contributed by atoms with Crippen LogP contribution in [0, 0.1) is 0 Å². The molecule has 1 heterocycles. The number of nitrogens with one attached hydrogen (secondary N) is 1. The van der Waals surface area contributed by atoms with Crippen LogP contribution in [0.4, 0.5) is 0 Å². The van der Waals surface area contributed by atoms with Crippen LogP contribution in [0.25, 0.3) is 0 Å². The molecular formula is C16H23NO3. The van der Waals surface area contributed by atoms with Gasteiger partial charge in [0, 0.05) is 12.1 Å². The molecule has 0 atom stereocenters. The summed E-state index contributed by atoms with van der Waals surface area (Å²) in [5.41, 5.74) is 1.46. The second-order valence-electron chi connectivity index (χ2n) is 5.94. The quantitative estimate of drug-likeness (QED) is 0.918. The molecule has 3 rings (SSSR count). The maximum absolute atomic E-state index is 5.67. The van der Waals surface area contributed by atoms with Crippen molar-refractivity contribution in [1.29, 1.82) is 0 Å². The minimum atomic E-state index is 0.278. The number of fused-ring (bicyclic) bond motifs is 1. The lowest BCUT2D eigenvalue weighted by molar-refractivity contribution is 0.165. The average Bonchev–Trinajstić information content (AvgIpc) is 2.91. The Balaban J connectivity index is 1.76. The lowest BCUT2D eigenvalue weighted by Crippen LogP contribution is -2.38. The van der Waals surface area contributed by atoms with Crippen LogP contribution in [-0.4, -0.2) is 25.9 Å². The third kappa shape index (κ3) is 2.70. The molecule has 4 heteroatoms. The summed E-state index contributed by atoms with van der Waals surface area (Å²) in [7, 11) is 1.67. The molecule has 0 spiro atoms. The van der Waals surface area contributed by atoms with Gasteiger partial charge in [-0.25, -0.2) is 0 Å². The van der Waals surface area contributed by atoms with Crippen molar-refractivity contribution in [2.24, 2.45) is 0 Å². The van der Waals surface area contributed by atoms with E-state index >= 15 is 0 Å². The Bertz CT molecular complexity index is 464. The lowest BCUT2D eigenvalue weighted by atomic mass is 10.00. The van der Waals surface area contributed by atoms with E-state index in [9.17, 15) is 0 Å². The van der Waals surface area contributed by atoms with Gasteiger partial charge in [-0.2, -0.15) is 0 Å². The van der Waals surface area contributed by atoms with E-state index < -0.39 is 0 Å². The van der Waals surface area contributed by atoms with Gasteiger partial charge in [-0.05, 0) is 37.5 Å². The zero-order valence-electron chi connectivity index (χ0n) is 12.3. The molecule has 0 amide bonds. The van der Waals surface area contributed by atoms with Crippen LogP contribution in [-0.2, 0) is 6.54 Å². The van der Waals surface area contributed by atoms with Crippen molar-refractivity contribution in [3.05, 3.63) is 17.7 Å². The predicted octanol–water partition coefficient (Wildman–Crippen LogP) is 2.89. The summed E-state index contributed by atoms with van der Waals surface area (Å²) in [6, 6.07) is 4.10. The van der Waals surface area contributed by atoms with Crippen molar-refractivity contribution >= 4 is 0 Å². The third-order valence-corrected chi connectivity index (χ3v) is 4.31. The minimum Gasteiger partial charge on any atom is -0.493 e. The van der Waals surface area contributed by atoms with Crippen molar-refractivity contribution in [3.8, 4) is 17.2 Å². The zero-order chi connectivity index (χ0) is 14.0. The molecule has 110 valence electrons. The molecule has 1 aliphatic carbocycles. The lowest BCUT2D eigenvalue weighted by Gasteiger charge is -2.26. The fraction of sp³-hybridized carbons (Fsp3) is 0.625. The topological polar surface area (TPSA) is 39.7 Å². The Morgan fingerprint density at radius 1 is 1.20 bits per heavy atom. The molecule has 0 radical (unpaired) electrons. The Labute approximate surface area is 120 Å². The summed E-state index contributed by atoms with van der Waals surface area (Å²) in [5, 5.41) is 3.68. The number of hydrogen-bond acceptors (Lipinski definition) is 4. The maximum Gasteiger partial charge on any atom is 0.203 e. The average molecular weight is 277 g/mol. The molecule has 1 aromatic rings. The van der Waals surface area contributed by atoms with Gasteiger partial charge >= 0.3 is 0 Å². The largest absolute Gasteiger partial charge is 0.493 e. The van der Waals surface area contributed by atoms with Crippen LogP contribution in [0.3, 0.4) is 0 Å². The summed E-state index contributed by atoms with van der Waals surface area (Å²) in [6.45, 7) is 4.34. The van der Waals surface area contributed by atoms with Gasteiger partial charge in [0.2, 0.25) is 5.75 Å². The molecule has 1 aliphatic heterocycles. The van der Waals surface area contributed by atoms with E-state index in [2.05, 4.69) is 18.3 Å². The van der Waals surface area contributed by atoms with E-state index in [0.717, 1.165) is 23.8 Å². The molecule has 0 bridgehead atoms. The van der Waals surface area contributed by atoms with Gasteiger partial charge in [0.05, 0.1) is 7.11 Å². The second-order valence-corrected chi connectivity index (χ2v) is 5.94. The van der Waals surface area contributed by atoms with Crippen molar-refractivity contribution in [2.75, 3.05) is 20.3 Å². The molecule has 1 aromatic carbocycles. The SMILES string of the molecule is COc1cc(CNC2(C)CCCC2)cc2c1OCCO2. The van der Waals surface area contributed by atoms with Crippen LogP contribution in [0.2, 0.25) is 0 Å². The molecule has 0 aromatic heterocycles. The number of benzene rings is 1. The van der Waals surface area contributed by atoms with Crippen LogP contribution < -0.4 is 19.5 Å². The number of ether oxygens (including phenoxy) is 3. The highest BCUT2D eigenvalue weighted by molar-refractivity contribution is 5.54. The highest BCUT2D eigenvalue weighted by Crippen LogP contribution is 2.40. The molecule has 1 saturated carbocycles. The first-order chi connectivity index (χ1) is 9.70. The predicted molar refractivity (Wildman–Crippen MR) is 77.7 cm³/mol. The molecular weight excluding hydrogens is 254 g/mol. The third-order valence-electron chi connectivity index (χ3n) is 4.31. The first-order valence-corrected chi connectivity index (χ1v) is 7.42. The van der Waals surface area contributed by atoms with E-state index in [-0.39, 0.29) is 5.54 Å². The van der Waals surface area contributed by atoms with Crippen molar-refractivity contribution in [2.45, 2.75) is 44.7 Å². The van der Waals surface area contributed by atoms with Crippen molar-refractivity contribution in [3.63, 3.8) is 0 Å². The summed E-state index contributed by atoms with van der Waals surface area (Å²) in [4.78, 5) is 0. The van der Waals surface area contributed by atoms with E-state index in [1.54, 1.807) is 7.11 Å². The van der Waals surface area contributed by atoms with Gasteiger partial charge < -0.3 is 19.5 Å². The van der Waals surface area contributed by atoms with Gasteiger partial charge in [0.15, 0.2) is 11.5 Å². The zero-order valence-corrected chi connectivity index (χ0v) is 12.3. The Morgan fingerprint density at radius 3 is 2.70 bits per heavy atom. The van der Waals surface area contributed by atoms with Crippen LogP contribution >= 0.6 is 0 Å². The molecule has 4 nitrogen and oxygen atoms in total. The fourth-order valence-corrected chi connectivity index (χ4v) is 3.08. The van der Waals surface area contributed by atoms with E-state index in [4.69, 9.17) is 14.2 Å². The highest BCUT2D eigenvalue weighted by atomic mass is 16.6. The Morgan fingerprint density at radius 2 is 1.95 bits per heavy atom. The van der Waals surface area contributed by atoms with Gasteiger partial charge in [-0.15, -0.1) is 0 Å². The molecule has 1 fully saturated rings. The van der Waals surface area contributed by atoms with Crippen LogP contribution in [0.1, 0.15) is 38.2 Å². The van der Waals surface area contributed by atoms with Gasteiger partial charge in [-0.1, -0.05) is 12.8 Å². The van der Waals surface area contributed by atoms with Crippen molar-refractivity contribution in [1.82, 2.24) is 5.32 Å². The second kappa shape index (κ2) is 5.52. The van der Waals surface area contributed by atoms with Gasteiger partial charge in [0.25, 0.3) is 0 Å². The first kappa shape index (κ1) is 13.6.